The van der Waals surface area contributed by atoms with Gasteiger partial charge >= 0.3 is 0 Å². The highest BCUT2D eigenvalue weighted by atomic mass is 35.5. The highest BCUT2D eigenvalue weighted by molar-refractivity contribution is 7.89. The first-order chi connectivity index (χ1) is 10.5. The van der Waals surface area contributed by atoms with Crippen molar-refractivity contribution in [1.82, 2.24) is 9.29 Å². The smallest absolute Gasteiger partial charge is 0.264 e. The normalized spacial score (nSPS) is 13.8. The molecular formula is C16H17Cl2N3O2S. The number of aliphatic imine (C=N–C) groups is 1. The predicted molar refractivity (Wildman–Crippen MR) is 101 cm³/mol. The number of aryl methyl sites for hydroxylation is 1. The summed E-state index contributed by atoms with van der Waals surface area (Å²) in [5.74, 6) is 0. The lowest BCUT2D eigenvalue weighted by atomic mass is 10.1. The lowest BCUT2D eigenvalue weighted by Gasteiger charge is -2.21. The summed E-state index contributed by atoms with van der Waals surface area (Å²) >= 11 is 0. The van der Waals surface area contributed by atoms with E-state index in [1.54, 1.807) is 43.7 Å². The van der Waals surface area contributed by atoms with Gasteiger partial charge in [0.15, 0.2) is 0 Å². The summed E-state index contributed by atoms with van der Waals surface area (Å²) in [7, 11) is -3.71. The number of halogens is 2. The number of rotatable bonds is 2. The second kappa shape index (κ2) is 7.79. The number of nitrogens with zero attached hydrogens (tertiary/aromatic N) is 3. The van der Waals surface area contributed by atoms with Crippen LogP contribution in [0.2, 0.25) is 0 Å². The van der Waals surface area contributed by atoms with Crippen molar-refractivity contribution in [3.8, 4) is 0 Å². The molecule has 1 aromatic heterocycles. The molecule has 0 saturated carbocycles. The van der Waals surface area contributed by atoms with Crippen LogP contribution in [-0.4, -0.2) is 23.9 Å². The quantitative estimate of drug-likeness (QED) is 0.788. The molecule has 3 rings (SSSR count). The molecule has 0 aliphatic carbocycles. The molecule has 0 N–H and O–H groups in total. The van der Waals surface area contributed by atoms with Gasteiger partial charge in [0, 0.05) is 47.5 Å². The van der Waals surface area contributed by atoms with Gasteiger partial charge in [-0.2, -0.15) is 0 Å². The molecule has 0 unspecified atom stereocenters. The first-order valence-corrected chi connectivity index (χ1v) is 8.20. The fourth-order valence-corrected chi connectivity index (χ4v) is 4.11. The Hall–Kier alpha value is -1.89. The molecule has 0 radical (unpaired) electrons. The molecular weight excluding hydrogens is 369 g/mol. The van der Waals surface area contributed by atoms with Crippen molar-refractivity contribution >= 4 is 51.8 Å². The zero-order chi connectivity index (χ0) is 15.7. The zero-order valence-corrected chi connectivity index (χ0v) is 15.5. The average Bonchev–Trinajstić information content (AvgIpc) is 2.72. The van der Waals surface area contributed by atoms with Gasteiger partial charge in [-0.15, -0.1) is 24.8 Å². The number of hydrogen-bond acceptors (Lipinski definition) is 4. The first kappa shape index (κ1) is 20.2. The molecule has 0 atom stereocenters. The molecule has 1 aromatic carbocycles. The third kappa shape index (κ3) is 3.45. The van der Waals surface area contributed by atoms with E-state index in [0.717, 1.165) is 10.9 Å². The highest BCUT2D eigenvalue weighted by Crippen LogP contribution is 2.29. The fourth-order valence-electron chi connectivity index (χ4n) is 2.45. The van der Waals surface area contributed by atoms with Crippen LogP contribution >= 0.6 is 24.8 Å². The number of hydrogen-bond donors (Lipinski definition) is 0. The van der Waals surface area contributed by atoms with Gasteiger partial charge in [-0.25, -0.2) is 12.7 Å². The summed E-state index contributed by atoms with van der Waals surface area (Å²) in [6.45, 7) is 3.57. The van der Waals surface area contributed by atoms with E-state index in [1.165, 1.54) is 16.7 Å². The molecule has 0 fully saturated rings. The minimum Gasteiger partial charge on any atom is -0.264 e. The molecule has 24 heavy (non-hydrogen) atoms. The molecule has 2 aromatic rings. The summed E-state index contributed by atoms with van der Waals surface area (Å²) < 4.78 is 27.4. The van der Waals surface area contributed by atoms with Gasteiger partial charge in [0.1, 0.15) is 0 Å². The Balaban J connectivity index is 0.00000144. The largest absolute Gasteiger partial charge is 0.268 e. The van der Waals surface area contributed by atoms with E-state index in [9.17, 15) is 8.42 Å². The molecule has 5 nitrogen and oxygen atoms in total. The molecule has 8 heteroatoms. The van der Waals surface area contributed by atoms with E-state index in [4.69, 9.17) is 0 Å². The van der Waals surface area contributed by atoms with Crippen LogP contribution in [0.1, 0.15) is 12.5 Å². The van der Waals surface area contributed by atoms with Crippen molar-refractivity contribution in [3.63, 3.8) is 0 Å². The van der Waals surface area contributed by atoms with Gasteiger partial charge < -0.3 is 0 Å². The lowest BCUT2D eigenvalue weighted by Crippen LogP contribution is -2.24. The highest BCUT2D eigenvalue weighted by Gasteiger charge is 2.26. The first-order valence-electron chi connectivity index (χ1n) is 6.76. The fraction of sp³-hybridized carbons (Fsp3) is 0.125. The van der Waals surface area contributed by atoms with Gasteiger partial charge in [0.2, 0.25) is 0 Å². The van der Waals surface area contributed by atoms with Gasteiger partial charge in [0.25, 0.3) is 10.0 Å². The zero-order valence-electron chi connectivity index (χ0n) is 13.1. The van der Waals surface area contributed by atoms with E-state index in [2.05, 4.69) is 9.98 Å². The third-order valence-corrected chi connectivity index (χ3v) is 5.30. The van der Waals surface area contributed by atoms with Crippen molar-refractivity contribution in [2.75, 3.05) is 0 Å². The van der Waals surface area contributed by atoms with E-state index in [0.29, 0.717) is 11.1 Å². The SMILES string of the molecule is CC1=CN=CC=CN1S(=O)(=O)c1cccc2cncc(C)c12.Cl.Cl. The van der Waals surface area contributed by atoms with Crippen molar-refractivity contribution in [3.05, 3.63) is 60.3 Å². The number of sulfonamides is 1. The van der Waals surface area contributed by atoms with E-state index >= 15 is 0 Å². The summed E-state index contributed by atoms with van der Waals surface area (Å²) in [4.78, 5) is 8.39. The number of allylic oxidation sites excluding steroid dienone is 2. The van der Waals surface area contributed by atoms with Crippen LogP contribution in [-0.2, 0) is 10.0 Å². The standard InChI is InChI=1S/C16H15N3O2S.2ClH/c1-12-9-18-11-14-5-3-6-15(16(12)14)22(20,21)19-8-4-7-17-10-13(19)2;;/h3-11H,1-2H3;2*1H. The number of aromatic nitrogens is 1. The Bertz CT molecular complexity index is 932. The van der Waals surface area contributed by atoms with E-state index < -0.39 is 10.0 Å². The molecule has 128 valence electrons. The van der Waals surface area contributed by atoms with Crippen LogP contribution in [0.3, 0.4) is 0 Å². The van der Waals surface area contributed by atoms with Gasteiger partial charge in [-0.1, -0.05) is 12.1 Å². The van der Waals surface area contributed by atoms with Crippen molar-refractivity contribution < 1.29 is 8.42 Å². The van der Waals surface area contributed by atoms with Gasteiger partial charge in [-0.05, 0) is 31.6 Å². The second-order valence-corrected chi connectivity index (χ2v) is 6.81. The maximum Gasteiger partial charge on any atom is 0.268 e. The summed E-state index contributed by atoms with van der Waals surface area (Å²) in [6, 6.07) is 5.21. The Morgan fingerprint density at radius 3 is 2.58 bits per heavy atom. The van der Waals surface area contributed by atoms with Crippen LogP contribution in [0.25, 0.3) is 10.8 Å². The van der Waals surface area contributed by atoms with Gasteiger partial charge in [0.05, 0.1) is 4.90 Å². The minimum absolute atomic E-state index is 0. The maximum absolute atomic E-state index is 13.1. The van der Waals surface area contributed by atoms with Crippen molar-refractivity contribution in [2.24, 2.45) is 4.99 Å². The summed E-state index contributed by atoms with van der Waals surface area (Å²) in [5, 5.41) is 1.50. The van der Waals surface area contributed by atoms with Crippen molar-refractivity contribution in [1.29, 1.82) is 0 Å². The number of fused-ring (bicyclic) bond motifs is 1. The molecule has 2 heterocycles. The van der Waals surface area contributed by atoms with Crippen LogP contribution in [0.15, 0.2) is 64.7 Å². The molecule has 0 spiro atoms. The van der Waals surface area contributed by atoms with E-state index in [1.807, 2.05) is 13.0 Å². The Morgan fingerprint density at radius 1 is 1.08 bits per heavy atom. The molecule has 0 amide bonds. The number of benzene rings is 1. The van der Waals surface area contributed by atoms with Gasteiger partial charge in [-0.3, -0.25) is 9.98 Å². The summed E-state index contributed by atoms with van der Waals surface area (Å²) in [5.41, 5.74) is 1.36. The molecule has 0 bridgehead atoms. The Labute approximate surface area is 153 Å². The lowest BCUT2D eigenvalue weighted by molar-refractivity contribution is 0.542. The molecule has 1 aliphatic heterocycles. The summed E-state index contributed by atoms with van der Waals surface area (Å²) in [6.07, 6.45) is 9.53. The number of pyridine rings is 1. The topological polar surface area (TPSA) is 62.6 Å². The minimum atomic E-state index is -3.71. The molecule has 1 aliphatic rings. The Morgan fingerprint density at radius 2 is 1.83 bits per heavy atom. The van der Waals surface area contributed by atoms with Crippen molar-refractivity contribution in [2.45, 2.75) is 18.7 Å². The Kier molecular flexibility index (Phi) is 6.54. The maximum atomic E-state index is 13.1. The average molecular weight is 386 g/mol. The molecule has 0 saturated heterocycles. The van der Waals surface area contributed by atoms with Crippen LogP contribution in [0, 0.1) is 6.92 Å². The predicted octanol–water partition coefficient (Wildman–Crippen LogP) is 3.84. The monoisotopic (exact) mass is 385 g/mol. The van der Waals surface area contributed by atoms with E-state index in [-0.39, 0.29) is 29.7 Å². The van der Waals surface area contributed by atoms with Crippen LogP contribution in [0.4, 0.5) is 0 Å². The second-order valence-electron chi connectivity index (χ2n) is 5.02. The van der Waals surface area contributed by atoms with Crippen LogP contribution < -0.4 is 0 Å². The third-order valence-electron chi connectivity index (χ3n) is 3.47. The van der Waals surface area contributed by atoms with Crippen LogP contribution in [0.5, 0.6) is 0 Å².